The fourth-order valence-electron chi connectivity index (χ4n) is 7.10. The van der Waals surface area contributed by atoms with Gasteiger partial charge in [-0.3, -0.25) is 34.0 Å². The molecule has 0 radical (unpaired) electrons. The zero-order valence-corrected chi connectivity index (χ0v) is 35.0. The molecular formula is C42H63N11O8. The lowest BCUT2D eigenvalue weighted by atomic mass is 9.89. The number of hydrogen-bond donors (Lipinski definition) is 10. The number of aromatic hydroxyl groups is 1. The van der Waals surface area contributed by atoms with Gasteiger partial charge in [0.1, 0.15) is 23.9 Å². The molecule has 1 fully saturated rings. The molecule has 1 aliphatic heterocycles. The number of phenolic OH excluding ortho intramolecular Hbond substituents is 1. The van der Waals surface area contributed by atoms with E-state index in [4.69, 9.17) is 28.7 Å². The fraction of sp³-hybridized carbons (Fsp3) is 0.524. The van der Waals surface area contributed by atoms with Gasteiger partial charge in [-0.2, -0.15) is 0 Å². The molecule has 15 N–H and O–H groups in total. The summed E-state index contributed by atoms with van der Waals surface area (Å²) in [5, 5.41) is 28.0. The molecule has 61 heavy (non-hydrogen) atoms. The highest BCUT2D eigenvalue weighted by molar-refractivity contribution is 5.97. The van der Waals surface area contributed by atoms with Gasteiger partial charge in [0, 0.05) is 32.0 Å². The average molecular weight is 850 g/mol. The topological polar surface area (TPSA) is 337 Å². The molecule has 0 aliphatic carbocycles. The van der Waals surface area contributed by atoms with Gasteiger partial charge in [0.2, 0.25) is 23.6 Å². The number of nitrogens with zero attached hydrogens (tertiary/aromatic N) is 3. The quantitative estimate of drug-likeness (QED) is 0.0351. The summed E-state index contributed by atoms with van der Waals surface area (Å²) in [7, 11) is 0. The normalized spacial score (nSPS) is 16.0. The van der Waals surface area contributed by atoms with Crippen LogP contribution in [0.25, 0.3) is 0 Å². The molecule has 1 heterocycles. The van der Waals surface area contributed by atoms with Crippen molar-refractivity contribution < 1.29 is 39.0 Å². The molecule has 334 valence electrons. The van der Waals surface area contributed by atoms with Crippen LogP contribution >= 0.6 is 0 Å². The van der Waals surface area contributed by atoms with E-state index >= 15 is 0 Å². The van der Waals surface area contributed by atoms with Crippen molar-refractivity contribution in [3.63, 3.8) is 0 Å². The first-order valence-electron chi connectivity index (χ1n) is 20.6. The van der Waals surface area contributed by atoms with E-state index in [0.717, 1.165) is 5.56 Å². The van der Waals surface area contributed by atoms with Gasteiger partial charge in [-0.05, 0) is 87.0 Å². The van der Waals surface area contributed by atoms with Gasteiger partial charge in [-0.25, -0.2) is 4.79 Å². The first-order chi connectivity index (χ1) is 28.9. The van der Waals surface area contributed by atoms with Gasteiger partial charge in [0.25, 0.3) is 0 Å². The Morgan fingerprint density at radius 2 is 1.36 bits per heavy atom. The Kier molecular flexibility index (Phi) is 19.9. The van der Waals surface area contributed by atoms with Crippen molar-refractivity contribution >= 4 is 47.3 Å². The first-order valence-corrected chi connectivity index (χ1v) is 20.6. The summed E-state index contributed by atoms with van der Waals surface area (Å²) < 4.78 is 0. The Morgan fingerprint density at radius 1 is 0.770 bits per heavy atom. The van der Waals surface area contributed by atoms with Gasteiger partial charge in [-0.15, -0.1) is 0 Å². The maximum absolute atomic E-state index is 14.4. The van der Waals surface area contributed by atoms with Crippen molar-refractivity contribution in [2.45, 2.75) is 108 Å². The number of carbonyl (C=O) groups is 6. The first kappa shape index (κ1) is 49.1. The van der Waals surface area contributed by atoms with Gasteiger partial charge in [0.05, 0.1) is 12.1 Å². The Balaban J connectivity index is 1.88. The van der Waals surface area contributed by atoms with Crippen LogP contribution in [0.2, 0.25) is 0 Å². The second kappa shape index (κ2) is 24.7. The molecule has 1 aliphatic rings. The molecular weight excluding hydrogens is 787 g/mol. The van der Waals surface area contributed by atoms with E-state index in [2.05, 4.69) is 25.9 Å². The maximum atomic E-state index is 14.4. The predicted molar refractivity (Wildman–Crippen MR) is 230 cm³/mol. The third-order valence-electron chi connectivity index (χ3n) is 10.2. The Bertz CT molecular complexity index is 1830. The van der Waals surface area contributed by atoms with E-state index in [1.807, 2.05) is 19.9 Å². The molecule has 19 heteroatoms. The molecule has 0 aromatic heterocycles. The van der Waals surface area contributed by atoms with Crippen LogP contribution in [0.1, 0.15) is 76.3 Å². The summed E-state index contributed by atoms with van der Waals surface area (Å²) in [4.78, 5) is 91.1. The number of amides is 4. The minimum atomic E-state index is -1.20. The molecule has 6 atom stereocenters. The predicted octanol–water partition coefficient (Wildman–Crippen LogP) is -0.237. The van der Waals surface area contributed by atoms with E-state index in [1.54, 1.807) is 36.4 Å². The number of carbonyl (C=O) groups excluding carboxylic acids is 5. The van der Waals surface area contributed by atoms with Crippen molar-refractivity contribution in [1.82, 2.24) is 20.9 Å². The highest BCUT2D eigenvalue weighted by Gasteiger charge is 2.39. The van der Waals surface area contributed by atoms with E-state index in [0.29, 0.717) is 24.8 Å². The number of Topliss-reactive ketones (excluding diaryl/α,β-unsaturated/α-hetero) is 1. The summed E-state index contributed by atoms with van der Waals surface area (Å²) in [6, 6.07) is 9.65. The molecule has 0 spiro atoms. The van der Waals surface area contributed by atoms with Gasteiger partial charge in [0.15, 0.2) is 17.7 Å². The molecule has 2 aromatic carbocycles. The van der Waals surface area contributed by atoms with Crippen LogP contribution in [0.5, 0.6) is 5.75 Å². The van der Waals surface area contributed by atoms with Crippen LogP contribution in [0.3, 0.4) is 0 Å². The Labute approximate surface area is 356 Å². The van der Waals surface area contributed by atoms with Gasteiger partial charge in [-0.1, -0.05) is 56.3 Å². The van der Waals surface area contributed by atoms with Crippen molar-refractivity contribution in [3.8, 4) is 5.75 Å². The van der Waals surface area contributed by atoms with Crippen molar-refractivity contribution in [1.29, 1.82) is 0 Å². The summed E-state index contributed by atoms with van der Waals surface area (Å²) in [5.74, 6) is -5.30. The number of likely N-dealkylation sites (tertiary alicyclic amines) is 1. The number of aliphatic carboxylic acids is 1. The van der Waals surface area contributed by atoms with Crippen molar-refractivity contribution in [2.24, 2.45) is 50.5 Å². The zero-order valence-electron chi connectivity index (χ0n) is 35.0. The monoisotopic (exact) mass is 849 g/mol. The van der Waals surface area contributed by atoms with E-state index in [9.17, 15) is 39.0 Å². The highest BCUT2D eigenvalue weighted by atomic mass is 16.4. The SMILES string of the molecule is CC(C)C[C@H](NC(=O)[C@@H](CC(=O)[C@H](Cc1ccc(O)cc1)NC(=O)[C@@H]1CCCN1C(=O)[C@H](CCCN=C(N)N)NC(=O)[C@@H](N)CCCN=C(N)N)Cc1ccccc1)C(=O)O. The minimum absolute atomic E-state index is 0.00315. The van der Waals surface area contributed by atoms with E-state index < -0.39 is 71.5 Å². The lowest BCUT2D eigenvalue weighted by Gasteiger charge is -2.30. The molecule has 0 bridgehead atoms. The number of rotatable bonds is 25. The fourth-order valence-corrected chi connectivity index (χ4v) is 7.10. The third-order valence-corrected chi connectivity index (χ3v) is 10.2. The summed E-state index contributed by atoms with van der Waals surface area (Å²) >= 11 is 0. The number of nitrogens with two attached hydrogens (primary N) is 5. The van der Waals surface area contributed by atoms with Gasteiger partial charge >= 0.3 is 5.97 Å². The van der Waals surface area contributed by atoms with E-state index in [1.165, 1.54) is 17.0 Å². The van der Waals surface area contributed by atoms with Crippen LogP contribution in [-0.2, 0) is 41.6 Å². The zero-order chi connectivity index (χ0) is 45.1. The molecule has 19 nitrogen and oxygen atoms in total. The second-order valence-corrected chi connectivity index (χ2v) is 15.8. The number of guanidine groups is 2. The summed E-state index contributed by atoms with van der Waals surface area (Å²) in [6.07, 6.45) is 1.74. The Morgan fingerprint density at radius 3 is 1.95 bits per heavy atom. The number of aliphatic imine (C=N–C) groups is 2. The second-order valence-electron chi connectivity index (χ2n) is 15.8. The number of carboxylic acid groups (broad SMARTS) is 1. The molecule has 0 saturated carbocycles. The lowest BCUT2D eigenvalue weighted by Crippen LogP contribution is -2.57. The highest BCUT2D eigenvalue weighted by Crippen LogP contribution is 2.22. The maximum Gasteiger partial charge on any atom is 0.326 e. The van der Waals surface area contributed by atoms with E-state index in [-0.39, 0.29) is 88.2 Å². The van der Waals surface area contributed by atoms with Crippen LogP contribution in [0.15, 0.2) is 64.6 Å². The smallest absolute Gasteiger partial charge is 0.326 e. The summed E-state index contributed by atoms with van der Waals surface area (Å²) in [5.41, 5.74) is 29.2. The van der Waals surface area contributed by atoms with Crippen LogP contribution in [0.4, 0.5) is 0 Å². The third kappa shape index (κ3) is 17.1. The number of phenols is 1. The number of hydrogen-bond acceptors (Lipinski definition) is 10. The molecule has 4 amide bonds. The molecule has 0 unspecified atom stereocenters. The average Bonchev–Trinajstić information content (AvgIpc) is 3.70. The largest absolute Gasteiger partial charge is 0.508 e. The molecule has 2 aromatic rings. The number of carboxylic acids is 1. The van der Waals surface area contributed by atoms with Gasteiger partial charge < -0.3 is 59.7 Å². The lowest BCUT2D eigenvalue weighted by molar-refractivity contribution is -0.143. The van der Waals surface area contributed by atoms with Crippen LogP contribution < -0.4 is 44.6 Å². The van der Waals surface area contributed by atoms with Crippen molar-refractivity contribution in [3.05, 3.63) is 65.7 Å². The van der Waals surface area contributed by atoms with Crippen molar-refractivity contribution in [2.75, 3.05) is 19.6 Å². The Hall–Kier alpha value is -6.24. The number of ketones is 1. The summed E-state index contributed by atoms with van der Waals surface area (Å²) in [6.45, 7) is 4.30. The number of benzene rings is 2. The molecule has 3 rings (SSSR count). The van der Waals surface area contributed by atoms with Crippen LogP contribution in [-0.4, -0.2) is 112 Å². The minimum Gasteiger partial charge on any atom is -0.508 e. The van der Waals surface area contributed by atoms with Crippen LogP contribution in [0, 0.1) is 11.8 Å². The number of nitrogens with one attached hydrogen (secondary N) is 3. The standard InChI is InChI=1S/C42H63N11O8/c1-25(2)21-33(40(60)61)52-36(56)28(22-26-9-4-3-5-10-26)24-35(55)32(23-27-14-16-29(54)17-15-27)51-38(58)34-13-8-20-53(34)39(59)31(12-7-19-49-42(46)47)50-37(57)30(43)11-6-18-48-41(44)45/h3-5,9-10,14-17,25,28,30-34,54H,6-8,11-13,18-24,43H2,1-2H3,(H,50,57)(H,51,58)(H,52,56)(H,60,61)(H4,44,45,48)(H4,46,47,49)/t28-,30+,31+,32+,33+,34+/m1/s1. The molecule has 1 saturated heterocycles.